The fourth-order valence-electron chi connectivity index (χ4n) is 1.74. The van der Waals surface area contributed by atoms with E-state index in [9.17, 15) is 8.42 Å². The molecule has 0 unspecified atom stereocenters. The van der Waals surface area contributed by atoms with Crippen molar-refractivity contribution in [3.63, 3.8) is 0 Å². The van der Waals surface area contributed by atoms with Crippen LogP contribution in [0.25, 0.3) is 5.82 Å². The van der Waals surface area contributed by atoms with Crippen LogP contribution in [0.5, 0.6) is 0 Å². The molecule has 7 nitrogen and oxygen atoms in total. The largest absolute Gasteiger partial charge is 0.265 e. The van der Waals surface area contributed by atoms with E-state index in [1.165, 1.54) is 0 Å². The molecule has 0 radical (unpaired) electrons. The van der Waals surface area contributed by atoms with Gasteiger partial charge in [0.1, 0.15) is 5.82 Å². The Morgan fingerprint density at radius 1 is 1.25 bits per heavy atom. The van der Waals surface area contributed by atoms with Crippen molar-refractivity contribution in [3.05, 3.63) is 35.0 Å². The molecule has 0 saturated carbocycles. The Kier molecular flexibility index (Phi) is 3.87. The lowest BCUT2D eigenvalue weighted by Gasteiger charge is -2.02. The second-order valence-corrected chi connectivity index (χ2v) is 6.21. The molecule has 0 aliphatic carbocycles. The Hall–Kier alpha value is -1.80. The fraction of sp³-hybridized carbons (Fsp3) is 0.417. The molecule has 0 amide bonds. The zero-order chi connectivity index (χ0) is 14.9. The highest BCUT2D eigenvalue weighted by molar-refractivity contribution is 7.85. The summed E-state index contributed by atoms with van der Waals surface area (Å²) < 4.78 is 28.4. The first kappa shape index (κ1) is 14.6. The molecule has 20 heavy (non-hydrogen) atoms. The summed E-state index contributed by atoms with van der Waals surface area (Å²) >= 11 is 0. The van der Waals surface area contributed by atoms with Gasteiger partial charge < -0.3 is 0 Å². The van der Waals surface area contributed by atoms with Gasteiger partial charge in [-0.1, -0.05) is 0 Å². The SMILES string of the molecule is Cc1cc(-n2cc(COS(C)(=O)=O)c(C)n2)nc(C)n1. The Labute approximate surface area is 117 Å². The van der Waals surface area contributed by atoms with Crippen LogP contribution in [-0.4, -0.2) is 34.4 Å². The minimum atomic E-state index is -3.47. The van der Waals surface area contributed by atoms with Gasteiger partial charge in [0, 0.05) is 23.5 Å². The molecule has 2 heterocycles. The molecule has 0 fully saturated rings. The fourth-order valence-corrected chi connectivity index (χ4v) is 2.08. The van der Waals surface area contributed by atoms with Crippen LogP contribution >= 0.6 is 0 Å². The van der Waals surface area contributed by atoms with Crippen molar-refractivity contribution < 1.29 is 12.6 Å². The van der Waals surface area contributed by atoms with E-state index in [2.05, 4.69) is 15.1 Å². The maximum Gasteiger partial charge on any atom is 0.264 e. The van der Waals surface area contributed by atoms with Crippen LogP contribution in [0.3, 0.4) is 0 Å². The Bertz CT molecular complexity index is 717. The van der Waals surface area contributed by atoms with Crippen molar-refractivity contribution in [2.75, 3.05) is 6.26 Å². The molecular weight excluding hydrogens is 280 g/mol. The van der Waals surface area contributed by atoms with Crippen molar-refractivity contribution in [1.29, 1.82) is 0 Å². The van der Waals surface area contributed by atoms with E-state index >= 15 is 0 Å². The standard InChI is InChI=1S/C12H16N4O3S/c1-8-5-12(14-10(3)13-8)16-6-11(9(2)15-16)7-19-20(4,17)18/h5-6H,7H2,1-4H3. The van der Waals surface area contributed by atoms with Crippen LogP contribution in [0.15, 0.2) is 12.3 Å². The number of aromatic nitrogens is 4. The minimum absolute atomic E-state index is 0.0340. The van der Waals surface area contributed by atoms with Gasteiger partial charge in [-0.25, -0.2) is 14.6 Å². The molecule has 0 aromatic carbocycles. The monoisotopic (exact) mass is 296 g/mol. The van der Waals surface area contributed by atoms with Crippen LogP contribution in [0, 0.1) is 20.8 Å². The molecule has 0 aliphatic rings. The maximum absolute atomic E-state index is 11.0. The van der Waals surface area contributed by atoms with E-state index in [1.54, 1.807) is 30.8 Å². The summed E-state index contributed by atoms with van der Waals surface area (Å²) in [5, 5.41) is 4.32. The first-order chi connectivity index (χ1) is 9.24. The summed E-state index contributed by atoms with van der Waals surface area (Å²) in [4.78, 5) is 8.50. The first-order valence-corrected chi connectivity index (χ1v) is 7.78. The first-order valence-electron chi connectivity index (χ1n) is 5.97. The predicted molar refractivity (Wildman–Crippen MR) is 73.0 cm³/mol. The predicted octanol–water partition coefficient (Wildman–Crippen LogP) is 1.06. The molecular formula is C12H16N4O3S. The van der Waals surface area contributed by atoms with Gasteiger partial charge in [0.2, 0.25) is 0 Å². The highest BCUT2D eigenvalue weighted by Crippen LogP contribution is 2.13. The lowest BCUT2D eigenvalue weighted by atomic mass is 10.3. The quantitative estimate of drug-likeness (QED) is 0.784. The van der Waals surface area contributed by atoms with Crippen LogP contribution < -0.4 is 0 Å². The van der Waals surface area contributed by atoms with Crippen LogP contribution in [0.2, 0.25) is 0 Å². The van der Waals surface area contributed by atoms with Gasteiger partial charge in [0.05, 0.1) is 18.6 Å². The van der Waals surface area contributed by atoms with E-state index < -0.39 is 10.1 Å². The van der Waals surface area contributed by atoms with Gasteiger partial charge >= 0.3 is 0 Å². The highest BCUT2D eigenvalue weighted by Gasteiger charge is 2.11. The zero-order valence-electron chi connectivity index (χ0n) is 11.8. The number of hydrogen-bond acceptors (Lipinski definition) is 6. The van der Waals surface area contributed by atoms with E-state index in [0.717, 1.165) is 11.9 Å². The normalized spacial score (nSPS) is 11.8. The van der Waals surface area contributed by atoms with Gasteiger partial charge in [-0.2, -0.15) is 13.5 Å². The minimum Gasteiger partial charge on any atom is -0.265 e. The molecule has 0 aliphatic heterocycles. The van der Waals surface area contributed by atoms with Gasteiger partial charge in [0.15, 0.2) is 5.82 Å². The lowest BCUT2D eigenvalue weighted by Crippen LogP contribution is -2.03. The third-order valence-corrected chi connectivity index (χ3v) is 3.16. The Balaban J connectivity index is 2.31. The average Bonchev–Trinajstić information content (AvgIpc) is 2.66. The third kappa shape index (κ3) is 3.61. The molecule has 0 atom stereocenters. The molecule has 0 spiro atoms. The van der Waals surface area contributed by atoms with E-state index in [-0.39, 0.29) is 6.61 Å². The van der Waals surface area contributed by atoms with Gasteiger partial charge in [0.25, 0.3) is 10.1 Å². The molecule has 2 aromatic rings. The van der Waals surface area contributed by atoms with Crippen LogP contribution in [0.1, 0.15) is 22.8 Å². The summed E-state index contributed by atoms with van der Waals surface area (Å²) in [5.41, 5.74) is 2.24. The molecule has 0 bridgehead atoms. The van der Waals surface area contributed by atoms with Gasteiger partial charge in [-0.3, -0.25) is 4.18 Å². The van der Waals surface area contributed by atoms with Crippen molar-refractivity contribution in [1.82, 2.24) is 19.7 Å². The second-order valence-electron chi connectivity index (χ2n) is 4.57. The highest BCUT2D eigenvalue weighted by atomic mass is 32.2. The zero-order valence-corrected chi connectivity index (χ0v) is 12.6. The summed E-state index contributed by atoms with van der Waals surface area (Å²) in [6.07, 6.45) is 2.73. The molecule has 108 valence electrons. The maximum atomic E-state index is 11.0. The Morgan fingerprint density at radius 2 is 1.95 bits per heavy atom. The van der Waals surface area contributed by atoms with Crippen molar-refractivity contribution >= 4 is 10.1 Å². The molecule has 0 saturated heterocycles. The van der Waals surface area contributed by atoms with Crippen molar-refractivity contribution in [2.24, 2.45) is 0 Å². The van der Waals surface area contributed by atoms with Crippen LogP contribution in [0.4, 0.5) is 0 Å². The summed E-state index contributed by atoms with van der Waals surface area (Å²) in [6, 6.07) is 1.81. The summed E-state index contributed by atoms with van der Waals surface area (Å²) in [6.45, 7) is 5.44. The van der Waals surface area contributed by atoms with E-state index in [1.807, 2.05) is 6.92 Å². The number of aryl methyl sites for hydroxylation is 3. The number of hydrogen-bond donors (Lipinski definition) is 0. The summed E-state index contributed by atoms with van der Waals surface area (Å²) in [7, 11) is -3.47. The van der Waals surface area contributed by atoms with Gasteiger partial charge in [-0.15, -0.1) is 0 Å². The summed E-state index contributed by atoms with van der Waals surface area (Å²) in [5.74, 6) is 1.30. The van der Waals surface area contributed by atoms with E-state index in [0.29, 0.717) is 22.9 Å². The lowest BCUT2D eigenvalue weighted by molar-refractivity contribution is 0.311. The smallest absolute Gasteiger partial charge is 0.264 e. The van der Waals surface area contributed by atoms with Crippen molar-refractivity contribution in [3.8, 4) is 5.82 Å². The third-order valence-electron chi connectivity index (χ3n) is 2.62. The van der Waals surface area contributed by atoms with Gasteiger partial charge in [-0.05, 0) is 20.8 Å². The molecule has 2 aromatic heterocycles. The molecule has 8 heteroatoms. The number of nitrogens with zero attached hydrogens (tertiary/aromatic N) is 4. The van der Waals surface area contributed by atoms with E-state index in [4.69, 9.17) is 4.18 Å². The molecule has 0 N–H and O–H groups in total. The Morgan fingerprint density at radius 3 is 2.55 bits per heavy atom. The molecule has 2 rings (SSSR count). The number of rotatable bonds is 4. The topological polar surface area (TPSA) is 87.0 Å². The average molecular weight is 296 g/mol. The second kappa shape index (κ2) is 5.29. The van der Waals surface area contributed by atoms with Crippen molar-refractivity contribution in [2.45, 2.75) is 27.4 Å². The van der Waals surface area contributed by atoms with Crippen LogP contribution in [-0.2, 0) is 20.9 Å².